The first-order chi connectivity index (χ1) is 7.71. The van der Waals surface area contributed by atoms with Gasteiger partial charge in [-0.05, 0) is 32.1 Å². The number of rotatable bonds is 4. The van der Waals surface area contributed by atoms with Crippen LogP contribution in [-0.2, 0) is 9.47 Å². The summed E-state index contributed by atoms with van der Waals surface area (Å²) in [5.41, 5.74) is -0.478. The second-order valence-electron chi connectivity index (χ2n) is 5.34. The average Bonchev–Trinajstić information content (AvgIpc) is 2.76. The molecule has 0 bridgehead atoms. The van der Waals surface area contributed by atoms with Crippen molar-refractivity contribution in [2.75, 3.05) is 13.2 Å². The van der Waals surface area contributed by atoms with Gasteiger partial charge in [0.05, 0.1) is 12.2 Å². The largest absolute Gasteiger partial charge is 0.390 e. The van der Waals surface area contributed by atoms with Gasteiger partial charge in [0, 0.05) is 12.5 Å². The molecule has 3 nitrogen and oxygen atoms in total. The summed E-state index contributed by atoms with van der Waals surface area (Å²) >= 11 is 0. The molecule has 2 aliphatic rings. The summed E-state index contributed by atoms with van der Waals surface area (Å²) in [5.74, 6) is 0.223. The number of ether oxygens (including phenoxy) is 2. The van der Waals surface area contributed by atoms with E-state index in [0.717, 1.165) is 45.1 Å². The van der Waals surface area contributed by atoms with E-state index in [1.54, 1.807) is 0 Å². The molecule has 0 spiro atoms. The molecule has 0 aromatic carbocycles. The molecule has 2 atom stereocenters. The Morgan fingerprint density at radius 1 is 1.31 bits per heavy atom. The summed E-state index contributed by atoms with van der Waals surface area (Å²) < 4.78 is 11.3. The van der Waals surface area contributed by atoms with E-state index in [9.17, 15) is 5.11 Å². The van der Waals surface area contributed by atoms with Crippen molar-refractivity contribution in [1.82, 2.24) is 0 Å². The van der Waals surface area contributed by atoms with Gasteiger partial charge in [-0.2, -0.15) is 0 Å². The van der Waals surface area contributed by atoms with Gasteiger partial charge in [-0.3, -0.25) is 0 Å². The highest BCUT2D eigenvalue weighted by Crippen LogP contribution is 2.36. The summed E-state index contributed by atoms with van der Waals surface area (Å²) in [4.78, 5) is 0. The number of hydrogen-bond acceptors (Lipinski definition) is 3. The molecule has 1 aliphatic carbocycles. The second-order valence-corrected chi connectivity index (χ2v) is 5.34. The van der Waals surface area contributed by atoms with Crippen molar-refractivity contribution in [3.05, 3.63) is 0 Å². The minimum atomic E-state index is -0.478. The highest BCUT2D eigenvalue weighted by molar-refractivity contribution is 4.88. The van der Waals surface area contributed by atoms with Crippen LogP contribution < -0.4 is 0 Å². The zero-order valence-electron chi connectivity index (χ0n) is 10.3. The van der Waals surface area contributed by atoms with Crippen molar-refractivity contribution in [2.45, 2.75) is 63.8 Å². The maximum absolute atomic E-state index is 10.4. The lowest BCUT2D eigenvalue weighted by molar-refractivity contribution is -0.179. The van der Waals surface area contributed by atoms with Gasteiger partial charge in [0.1, 0.15) is 0 Å². The normalized spacial score (nSPS) is 31.5. The van der Waals surface area contributed by atoms with E-state index in [-0.39, 0.29) is 12.2 Å². The molecule has 0 radical (unpaired) electrons. The first kappa shape index (κ1) is 12.3. The average molecular weight is 228 g/mol. The Morgan fingerprint density at radius 3 is 2.69 bits per heavy atom. The molecular weight excluding hydrogens is 204 g/mol. The lowest BCUT2D eigenvalue weighted by Gasteiger charge is -2.31. The third-order valence-corrected chi connectivity index (χ3v) is 4.06. The van der Waals surface area contributed by atoms with Crippen LogP contribution in [-0.4, -0.2) is 30.2 Å². The minimum Gasteiger partial charge on any atom is -0.390 e. The van der Waals surface area contributed by atoms with Gasteiger partial charge >= 0.3 is 0 Å². The molecule has 1 aliphatic heterocycles. The van der Waals surface area contributed by atoms with Gasteiger partial charge in [-0.25, -0.2) is 0 Å². The molecule has 16 heavy (non-hydrogen) atoms. The van der Waals surface area contributed by atoms with Crippen LogP contribution >= 0.6 is 0 Å². The molecule has 1 N–H and O–H groups in total. The Balaban J connectivity index is 1.72. The molecule has 2 fully saturated rings. The highest BCUT2D eigenvalue weighted by atomic mass is 16.7. The van der Waals surface area contributed by atoms with Crippen LogP contribution in [0.25, 0.3) is 0 Å². The van der Waals surface area contributed by atoms with Crippen molar-refractivity contribution in [1.29, 1.82) is 0 Å². The SMILES string of the molecule is CC(COC1CCCCO1)C1(O)CCCC1. The fourth-order valence-corrected chi connectivity index (χ4v) is 2.73. The van der Waals surface area contributed by atoms with Crippen LogP contribution in [0.2, 0.25) is 0 Å². The van der Waals surface area contributed by atoms with Crippen molar-refractivity contribution in [3.8, 4) is 0 Å². The van der Waals surface area contributed by atoms with Gasteiger partial charge in [0.2, 0.25) is 0 Å². The maximum atomic E-state index is 10.4. The van der Waals surface area contributed by atoms with Crippen LogP contribution in [0.4, 0.5) is 0 Å². The molecule has 94 valence electrons. The van der Waals surface area contributed by atoms with Crippen LogP contribution in [0.3, 0.4) is 0 Å². The smallest absolute Gasteiger partial charge is 0.157 e. The zero-order chi connectivity index (χ0) is 11.4. The van der Waals surface area contributed by atoms with E-state index in [2.05, 4.69) is 6.92 Å². The van der Waals surface area contributed by atoms with E-state index in [0.29, 0.717) is 6.61 Å². The summed E-state index contributed by atoms with van der Waals surface area (Å²) in [5, 5.41) is 10.4. The first-order valence-electron chi connectivity index (χ1n) is 6.66. The van der Waals surface area contributed by atoms with E-state index in [1.165, 1.54) is 6.42 Å². The van der Waals surface area contributed by atoms with Crippen molar-refractivity contribution in [2.24, 2.45) is 5.92 Å². The maximum Gasteiger partial charge on any atom is 0.157 e. The molecule has 3 heteroatoms. The molecule has 1 heterocycles. The lowest BCUT2D eigenvalue weighted by atomic mass is 9.88. The van der Waals surface area contributed by atoms with E-state index >= 15 is 0 Å². The van der Waals surface area contributed by atoms with Crippen LogP contribution in [0.15, 0.2) is 0 Å². The highest BCUT2D eigenvalue weighted by Gasteiger charge is 2.37. The van der Waals surface area contributed by atoms with E-state index < -0.39 is 5.60 Å². The van der Waals surface area contributed by atoms with Crippen molar-refractivity contribution >= 4 is 0 Å². The van der Waals surface area contributed by atoms with Gasteiger partial charge in [0.25, 0.3) is 0 Å². The monoisotopic (exact) mass is 228 g/mol. The zero-order valence-corrected chi connectivity index (χ0v) is 10.3. The molecule has 0 aromatic rings. The molecule has 2 rings (SSSR count). The summed E-state index contributed by atoms with van der Waals surface area (Å²) in [6.45, 7) is 3.54. The summed E-state index contributed by atoms with van der Waals surface area (Å²) in [6.07, 6.45) is 7.50. The van der Waals surface area contributed by atoms with E-state index in [1.807, 2.05) is 0 Å². The Kier molecular flexibility index (Phi) is 4.22. The van der Waals surface area contributed by atoms with Gasteiger partial charge < -0.3 is 14.6 Å². The first-order valence-corrected chi connectivity index (χ1v) is 6.66. The van der Waals surface area contributed by atoms with Crippen molar-refractivity contribution < 1.29 is 14.6 Å². The van der Waals surface area contributed by atoms with Gasteiger partial charge in [-0.15, -0.1) is 0 Å². The fraction of sp³-hybridized carbons (Fsp3) is 1.00. The third kappa shape index (κ3) is 2.96. The molecule has 1 saturated heterocycles. The lowest BCUT2D eigenvalue weighted by Crippen LogP contribution is -2.37. The Hall–Kier alpha value is -0.120. The standard InChI is InChI=1S/C13H24O3/c1-11(13(14)7-3-4-8-13)10-16-12-6-2-5-9-15-12/h11-12,14H,2-10H2,1H3. The molecule has 0 aromatic heterocycles. The van der Waals surface area contributed by atoms with E-state index in [4.69, 9.17) is 9.47 Å². The predicted molar refractivity (Wildman–Crippen MR) is 62.1 cm³/mol. The molecule has 2 unspecified atom stereocenters. The van der Waals surface area contributed by atoms with Gasteiger partial charge in [-0.1, -0.05) is 19.8 Å². The predicted octanol–water partition coefficient (Wildman–Crippen LogP) is 2.47. The number of hydrogen-bond donors (Lipinski definition) is 1. The Labute approximate surface area is 98.1 Å². The Morgan fingerprint density at radius 2 is 2.06 bits per heavy atom. The second kappa shape index (κ2) is 5.48. The summed E-state index contributed by atoms with van der Waals surface area (Å²) in [6, 6.07) is 0. The molecule has 0 amide bonds. The Bertz CT molecular complexity index is 205. The van der Waals surface area contributed by atoms with Crippen LogP contribution in [0, 0.1) is 5.92 Å². The number of aliphatic hydroxyl groups is 1. The van der Waals surface area contributed by atoms with Crippen LogP contribution in [0.5, 0.6) is 0 Å². The van der Waals surface area contributed by atoms with Crippen molar-refractivity contribution in [3.63, 3.8) is 0 Å². The van der Waals surface area contributed by atoms with Crippen LogP contribution in [0.1, 0.15) is 51.9 Å². The molecular formula is C13H24O3. The fourth-order valence-electron chi connectivity index (χ4n) is 2.73. The molecule has 1 saturated carbocycles. The third-order valence-electron chi connectivity index (χ3n) is 4.06. The minimum absolute atomic E-state index is 0.0267. The summed E-state index contributed by atoms with van der Waals surface area (Å²) in [7, 11) is 0. The van der Waals surface area contributed by atoms with Gasteiger partial charge in [0.15, 0.2) is 6.29 Å². The topological polar surface area (TPSA) is 38.7 Å². The quantitative estimate of drug-likeness (QED) is 0.803.